The van der Waals surface area contributed by atoms with Crippen molar-refractivity contribution < 1.29 is 20.4 Å². The molecule has 0 atom stereocenters. The minimum absolute atomic E-state index is 0.0410. The van der Waals surface area contributed by atoms with Gasteiger partial charge in [-0.05, 0) is 35.4 Å². The second-order valence-corrected chi connectivity index (χ2v) is 4.90. The lowest BCUT2D eigenvalue weighted by Gasteiger charge is -2.03. The van der Waals surface area contributed by atoms with Gasteiger partial charge in [-0.2, -0.15) is 5.26 Å². The van der Waals surface area contributed by atoms with E-state index in [4.69, 9.17) is 5.26 Å². The summed E-state index contributed by atoms with van der Waals surface area (Å²) in [5, 5.41) is 46.8. The average molecular weight is 309 g/mol. The Hall–Kier alpha value is -3.39. The summed E-state index contributed by atoms with van der Waals surface area (Å²) in [6.07, 6.45) is 5.14. The Morgan fingerprint density at radius 3 is 2.39 bits per heavy atom. The molecule has 5 heteroatoms. The van der Waals surface area contributed by atoms with Gasteiger partial charge in [-0.1, -0.05) is 24.3 Å². The van der Waals surface area contributed by atoms with Crippen LogP contribution >= 0.6 is 0 Å². The lowest BCUT2D eigenvalue weighted by atomic mass is 10.0. The van der Waals surface area contributed by atoms with Gasteiger partial charge in [0.25, 0.3) is 0 Å². The van der Waals surface area contributed by atoms with Crippen LogP contribution in [0.5, 0.6) is 23.0 Å². The van der Waals surface area contributed by atoms with Crippen LogP contribution in [0.25, 0.3) is 6.08 Å². The molecule has 2 aromatic carbocycles. The highest BCUT2D eigenvalue weighted by Crippen LogP contribution is 2.26. The normalized spacial score (nSPS) is 11.5. The first-order chi connectivity index (χ1) is 11.0. The topological polar surface area (TPSA) is 105 Å². The summed E-state index contributed by atoms with van der Waals surface area (Å²) in [6, 6.07) is 10.7. The van der Waals surface area contributed by atoms with Gasteiger partial charge >= 0.3 is 0 Å². The predicted molar refractivity (Wildman–Crippen MR) is 86.0 cm³/mol. The molecular weight excluding hydrogens is 294 g/mol. The molecule has 0 heterocycles. The molecule has 5 nitrogen and oxygen atoms in total. The molecule has 2 aromatic rings. The number of hydrogen-bond donors (Lipinski definition) is 4. The van der Waals surface area contributed by atoms with Crippen LogP contribution in [0.15, 0.2) is 54.1 Å². The summed E-state index contributed by atoms with van der Waals surface area (Å²) >= 11 is 0. The molecule has 0 aliphatic heterocycles. The van der Waals surface area contributed by atoms with Crippen LogP contribution in [0.3, 0.4) is 0 Å². The van der Waals surface area contributed by atoms with Gasteiger partial charge in [-0.25, -0.2) is 0 Å². The van der Waals surface area contributed by atoms with E-state index in [0.29, 0.717) is 16.7 Å². The van der Waals surface area contributed by atoms with Gasteiger partial charge in [-0.3, -0.25) is 0 Å². The number of nitrogens with zero attached hydrogens (tertiary/aromatic N) is 1. The molecule has 0 aliphatic carbocycles. The van der Waals surface area contributed by atoms with Crippen molar-refractivity contribution in [1.29, 1.82) is 5.26 Å². The third kappa shape index (κ3) is 4.29. The zero-order chi connectivity index (χ0) is 16.8. The van der Waals surface area contributed by atoms with E-state index in [-0.39, 0.29) is 29.4 Å². The fourth-order valence-corrected chi connectivity index (χ4v) is 1.96. The summed E-state index contributed by atoms with van der Waals surface area (Å²) in [5.74, 6) is -0.525. The van der Waals surface area contributed by atoms with Crippen molar-refractivity contribution in [3.05, 3.63) is 65.3 Å². The number of rotatable bonds is 4. The Kier molecular flexibility index (Phi) is 4.90. The van der Waals surface area contributed by atoms with Crippen LogP contribution < -0.4 is 0 Å². The quantitative estimate of drug-likeness (QED) is 0.394. The van der Waals surface area contributed by atoms with E-state index in [1.165, 1.54) is 24.3 Å². The fourth-order valence-electron chi connectivity index (χ4n) is 1.96. The van der Waals surface area contributed by atoms with E-state index in [0.717, 1.165) is 0 Å². The second kappa shape index (κ2) is 7.05. The van der Waals surface area contributed by atoms with Gasteiger partial charge in [0.15, 0.2) is 11.5 Å². The molecule has 0 aromatic heterocycles. The van der Waals surface area contributed by atoms with Crippen LogP contribution in [0.2, 0.25) is 0 Å². The third-order valence-corrected chi connectivity index (χ3v) is 3.18. The van der Waals surface area contributed by atoms with Crippen molar-refractivity contribution in [1.82, 2.24) is 0 Å². The molecule has 23 heavy (non-hydrogen) atoms. The minimum Gasteiger partial charge on any atom is -0.508 e. The molecule has 2 rings (SSSR count). The summed E-state index contributed by atoms with van der Waals surface area (Å²) in [7, 11) is 0. The van der Waals surface area contributed by atoms with Gasteiger partial charge < -0.3 is 20.4 Å². The maximum atomic E-state index is 9.73. The molecular formula is C18H15NO4. The molecule has 0 aliphatic rings. The van der Waals surface area contributed by atoms with Gasteiger partial charge in [-0.15, -0.1) is 0 Å². The van der Waals surface area contributed by atoms with E-state index < -0.39 is 0 Å². The van der Waals surface area contributed by atoms with E-state index >= 15 is 0 Å². The summed E-state index contributed by atoms with van der Waals surface area (Å²) < 4.78 is 0. The highest BCUT2D eigenvalue weighted by Gasteiger charge is 2.05. The number of phenols is 4. The fraction of sp³-hybridized carbons (Fsp3) is 0.0556. The largest absolute Gasteiger partial charge is 0.508 e. The Bertz CT molecular complexity index is 816. The van der Waals surface area contributed by atoms with Crippen LogP contribution in [0.1, 0.15) is 11.1 Å². The number of nitriles is 1. The lowest BCUT2D eigenvalue weighted by molar-refractivity contribution is 0.403. The van der Waals surface area contributed by atoms with Gasteiger partial charge in [0.2, 0.25) is 0 Å². The zero-order valence-electron chi connectivity index (χ0n) is 12.1. The molecule has 0 unspecified atom stereocenters. The monoisotopic (exact) mass is 309 g/mol. The molecule has 0 saturated heterocycles. The summed E-state index contributed by atoms with van der Waals surface area (Å²) in [5.41, 5.74) is 1.62. The summed E-state index contributed by atoms with van der Waals surface area (Å²) in [6.45, 7) is 0. The minimum atomic E-state index is -0.217. The third-order valence-electron chi connectivity index (χ3n) is 3.18. The molecule has 0 saturated carbocycles. The van der Waals surface area contributed by atoms with Crippen molar-refractivity contribution in [3.63, 3.8) is 0 Å². The van der Waals surface area contributed by atoms with Crippen LogP contribution in [0, 0.1) is 11.3 Å². The Labute approximate surface area is 133 Å². The van der Waals surface area contributed by atoms with Crippen molar-refractivity contribution in [2.75, 3.05) is 0 Å². The number of hydrogen-bond acceptors (Lipinski definition) is 5. The van der Waals surface area contributed by atoms with Gasteiger partial charge in [0.05, 0.1) is 6.07 Å². The molecule has 0 radical (unpaired) electrons. The predicted octanol–water partition coefficient (Wildman–Crippen LogP) is 3.21. The molecule has 0 spiro atoms. The zero-order valence-corrected chi connectivity index (χ0v) is 12.1. The smallest absolute Gasteiger partial charge is 0.157 e. The van der Waals surface area contributed by atoms with E-state index in [1.54, 1.807) is 30.4 Å². The first-order valence-electron chi connectivity index (χ1n) is 6.80. The van der Waals surface area contributed by atoms with Gasteiger partial charge in [0.1, 0.15) is 11.5 Å². The van der Waals surface area contributed by atoms with Crippen LogP contribution in [0.4, 0.5) is 0 Å². The van der Waals surface area contributed by atoms with Crippen molar-refractivity contribution in [2.45, 2.75) is 6.42 Å². The van der Waals surface area contributed by atoms with E-state index in [9.17, 15) is 20.4 Å². The highest BCUT2D eigenvalue weighted by atomic mass is 16.3. The number of benzene rings is 2. The van der Waals surface area contributed by atoms with E-state index in [2.05, 4.69) is 0 Å². The molecule has 4 N–H and O–H groups in total. The SMILES string of the molecule is N#CC(=CC=Cc1ccc(O)c(O)c1)Cc1ccc(O)cc1O. The van der Waals surface area contributed by atoms with Crippen molar-refractivity contribution in [3.8, 4) is 29.1 Å². The number of aromatic hydroxyl groups is 4. The van der Waals surface area contributed by atoms with Crippen molar-refractivity contribution in [2.24, 2.45) is 0 Å². The lowest BCUT2D eigenvalue weighted by Crippen LogP contribution is -1.88. The first-order valence-corrected chi connectivity index (χ1v) is 6.80. The molecule has 116 valence electrons. The van der Waals surface area contributed by atoms with Crippen molar-refractivity contribution >= 4 is 6.08 Å². The molecule has 0 amide bonds. The van der Waals surface area contributed by atoms with E-state index in [1.807, 2.05) is 6.07 Å². The highest BCUT2D eigenvalue weighted by molar-refractivity contribution is 5.57. The Morgan fingerprint density at radius 2 is 1.74 bits per heavy atom. The first kappa shape index (κ1) is 16.0. The average Bonchev–Trinajstić information content (AvgIpc) is 2.52. The Balaban J connectivity index is 2.14. The maximum Gasteiger partial charge on any atom is 0.157 e. The second-order valence-electron chi connectivity index (χ2n) is 4.90. The van der Waals surface area contributed by atoms with Crippen LogP contribution in [-0.2, 0) is 6.42 Å². The standard InChI is InChI=1S/C18H15NO4/c19-11-13(8-14-5-6-15(20)10-17(14)22)3-1-2-12-4-7-16(21)18(23)9-12/h1-7,9-10,20-23H,8H2. The number of phenolic OH excluding ortho intramolecular Hbond substituents is 4. The maximum absolute atomic E-state index is 9.73. The Morgan fingerprint density at radius 1 is 0.957 bits per heavy atom. The number of allylic oxidation sites excluding steroid dienone is 3. The molecule has 0 fully saturated rings. The summed E-state index contributed by atoms with van der Waals surface area (Å²) in [4.78, 5) is 0. The van der Waals surface area contributed by atoms with Gasteiger partial charge in [0, 0.05) is 18.1 Å². The van der Waals surface area contributed by atoms with Crippen LogP contribution in [-0.4, -0.2) is 20.4 Å². The molecule has 0 bridgehead atoms.